The van der Waals surface area contributed by atoms with Crippen LogP contribution in [0.3, 0.4) is 0 Å². The number of carbonyl (C=O) groups is 1. The Bertz CT molecular complexity index is 852. The molecule has 4 rings (SSSR count). The summed E-state index contributed by atoms with van der Waals surface area (Å²) in [5.41, 5.74) is 1.83. The molecule has 2 heterocycles. The van der Waals surface area contributed by atoms with Crippen LogP contribution >= 0.6 is 0 Å². The molecule has 5 nitrogen and oxygen atoms in total. The second-order valence-electron chi connectivity index (χ2n) is 6.97. The maximum absolute atomic E-state index is 12.3. The Labute approximate surface area is 153 Å². The van der Waals surface area contributed by atoms with Crippen molar-refractivity contribution in [2.45, 2.75) is 13.8 Å². The van der Waals surface area contributed by atoms with Crippen molar-refractivity contribution in [1.29, 1.82) is 0 Å². The summed E-state index contributed by atoms with van der Waals surface area (Å²) in [6, 6.07) is 15.8. The minimum atomic E-state index is 0.0396. The molecule has 0 aromatic heterocycles. The number of amides is 1. The highest BCUT2D eigenvalue weighted by atomic mass is 16.5. The van der Waals surface area contributed by atoms with Crippen LogP contribution < -0.4 is 4.74 Å². The quantitative estimate of drug-likeness (QED) is 0.789. The molecule has 2 aromatic carbocycles. The molecule has 134 valence electrons. The summed E-state index contributed by atoms with van der Waals surface area (Å²) in [4.78, 5) is 21.4. The zero-order chi connectivity index (χ0) is 18.1. The van der Waals surface area contributed by atoms with Crippen molar-refractivity contribution in [3.63, 3.8) is 0 Å². The van der Waals surface area contributed by atoms with Crippen molar-refractivity contribution in [2.24, 2.45) is 10.9 Å². The van der Waals surface area contributed by atoms with Gasteiger partial charge >= 0.3 is 0 Å². The third-order valence-electron chi connectivity index (χ3n) is 4.82. The molecule has 0 atom stereocenters. The van der Waals surface area contributed by atoms with Crippen molar-refractivity contribution in [3.05, 3.63) is 54.1 Å². The molecule has 1 saturated heterocycles. The summed E-state index contributed by atoms with van der Waals surface area (Å²) in [5, 5.41) is 0. The molecule has 1 amide bonds. The first kappa shape index (κ1) is 16.6. The number of fused-ring (bicyclic) bond motifs is 2. The fraction of sp³-hybridized carbons (Fsp3) is 0.333. The normalized spacial score (nSPS) is 16.3. The lowest BCUT2D eigenvalue weighted by molar-refractivity contribution is -0.135. The van der Waals surface area contributed by atoms with Gasteiger partial charge in [-0.3, -0.25) is 4.79 Å². The van der Waals surface area contributed by atoms with Crippen molar-refractivity contribution in [3.8, 4) is 11.5 Å². The van der Waals surface area contributed by atoms with E-state index in [9.17, 15) is 4.79 Å². The lowest BCUT2D eigenvalue weighted by atomic mass is 10.1. The molecule has 2 aliphatic heterocycles. The minimum absolute atomic E-state index is 0.0396. The molecule has 1 fully saturated rings. The third kappa shape index (κ3) is 3.05. The summed E-state index contributed by atoms with van der Waals surface area (Å²) in [6.45, 7) is 6.90. The lowest BCUT2D eigenvalue weighted by Crippen LogP contribution is -2.51. The van der Waals surface area contributed by atoms with Gasteiger partial charge in [-0.15, -0.1) is 0 Å². The van der Waals surface area contributed by atoms with Crippen LogP contribution in [-0.2, 0) is 4.79 Å². The smallest absolute Gasteiger partial charge is 0.225 e. The van der Waals surface area contributed by atoms with Crippen molar-refractivity contribution in [1.82, 2.24) is 9.80 Å². The highest BCUT2D eigenvalue weighted by Crippen LogP contribution is 2.37. The fourth-order valence-electron chi connectivity index (χ4n) is 3.41. The van der Waals surface area contributed by atoms with Crippen molar-refractivity contribution in [2.75, 3.05) is 26.2 Å². The van der Waals surface area contributed by atoms with Crippen LogP contribution in [-0.4, -0.2) is 47.7 Å². The SMILES string of the molecule is CC(C)C(=O)N1CCN(C2=Nc3ccccc3Oc3ccccc32)CC1. The first-order chi connectivity index (χ1) is 12.6. The van der Waals surface area contributed by atoms with Crippen LogP contribution in [0.2, 0.25) is 0 Å². The minimum Gasteiger partial charge on any atom is -0.454 e. The summed E-state index contributed by atoms with van der Waals surface area (Å²) in [6.07, 6.45) is 0. The van der Waals surface area contributed by atoms with Gasteiger partial charge in [0, 0.05) is 32.1 Å². The monoisotopic (exact) mass is 349 g/mol. The van der Waals surface area contributed by atoms with Gasteiger partial charge in [-0.25, -0.2) is 4.99 Å². The molecule has 0 spiro atoms. The Morgan fingerprint density at radius 2 is 1.62 bits per heavy atom. The van der Waals surface area contributed by atoms with Gasteiger partial charge in [0.2, 0.25) is 5.91 Å². The topological polar surface area (TPSA) is 45.1 Å². The molecule has 26 heavy (non-hydrogen) atoms. The van der Waals surface area contributed by atoms with Gasteiger partial charge in [-0.05, 0) is 24.3 Å². The highest BCUT2D eigenvalue weighted by molar-refractivity contribution is 6.03. The van der Waals surface area contributed by atoms with E-state index in [4.69, 9.17) is 9.73 Å². The Morgan fingerprint density at radius 1 is 0.962 bits per heavy atom. The Hall–Kier alpha value is -2.82. The van der Waals surface area contributed by atoms with E-state index in [0.717, 1.165) is 54.8 Å². The van der Waals surface area contributed by atoms with E-state index in [1.807, 2.05) is 67.3 Å². The average Bonchev–Trinajstić information content (AvgIpc) is 2.84. The molecular formula is C21H23N3O2. The predicted octanol–water partition coefficient (Wildman–Crippen LogP) is 3.67. The van der Waals surface area contributed by atoms with E-state index in [0.29, 0.717) is 0 Å². The molecular weight excluding hydrogens is 326 g/mol. The van der Waals surface area contributed by atoms with Crippen LogP contribution in [0, 0.1) is 5.92 Å². The summed E-state index contributed by atoms with van der Waals surface area (Å²) >= 11 is 0. The van der Waals surface area contributed by atoms with Crippen LogP contribution in [0.4, 0.5) is 5.69 Å². The summed E-state index contributed by atoms with van der Waals surface area (Å²) < 4.78 is 6.11. The molecule has 0 N–H and O–H groups in total. The van der Waals surface area contributed by atoms with Gasteiger partial charge < -0.3 is 14.5 Å². The number of aliphatic imine (C=N–C) groups is 1. The van der Waals surface area contributed by atoms with E-state index in [2.05, 4.69) is 4.90 Å². The summed E-state index contributed by atoms with van der Waals surface area (Å²) in [5.74, 6) is 2.77. The zero-order valence-corrected chi connectivity index (χ0v) is 15.2. The lowest BCUT2D eigenvalue weighted by Gasteiger charge is -2.37. The molecule has 0 saturated carbocycles. The number of rotatable bonds is 1. The first-order valence-corrected chi connectivity index (χ1v) is 9.12. The van der Waals surface area contributed by atoms with E-state index < -0.39 is 0 Å². The van der Waals surface area contributed by atoms with E-state index >= 15 is 0 Å². The van der Waals surface area contributed by atoms with Gasteiger partial charge in [0.15, 0.2) is 5.75 Å². The standard InChI is InChI=1S/C21H23N3O2/c1-15(2)21(25)24-13-11-23(12-14-24)20-16-7-3-5-9-18(16)26-19-10-6-4-8-17(19)22-20/h3-10,15H,11-14H2,1-2H3. The number of carbonyl (C=O) groups excluding carboxylic acids is 1. The Morgan fingerprint density at radius 3 is 2.35 bits per heavy atom. The number of nitrogens with zero attached hydrogens (tertiary/aromatic N) is 3. The van der Waals surface area contributed by atoms with Crippen LogP contribution in [0.15, 0.2) is 53.5 Å². The fourth-order valence-corrected chi connectivity index (χ4v) is 3.41. The number of piperazine rings is 1. The van der Waals surface area contributed by atoms with E-state index in [1.165, 1.54) is 0 Å². The molecule has 0 unspecified atom stereocenters. The van der Waals surface area contributed by atoms with Crippen LogP contribution in [0.1, 0.15) is 19.4 Å². The Kier molecular flexibility index (Phi) is 4.37. The van der Waals surface area contributed by atoms with Crippen LogP contribution in [0.5, 0.6) is 11.5 Å². The second kappa shape index (κ2) is 6.83. The molecule has 5 heteroatoms. The van der Waals surface area contributed by atoms with Crippen LogP contribution in [0.25, 0.3) is 0 Å². The third-order valence-corrected chi connectivity index (χ3v) is 4.82. The number of hydrogen-bond acceptors (Lipinski definition) is 4. The highest BCUT2D eigenvalue weighted by Gasteiger charge is 2.27. The molecule has 2 aromatic rings. The number of amidine groups is 1. The second-order valence-corrected chi connectivity index (χ2v) is 6.97. The molecule has 2 aliphatic rings. The zero-order valence-electron chi connectivity index (χ0n) is 15.2. The van der Waals surface area contributed by atoms with Crippen molar-refractivity contribution < 1.29 is 9.53 Å². The number of ether oxygens (including phenoxy) is 1. The average molecular weight is 349 g/mol. The maximum atomic E-state index is 12.3. The van der Waals surface area contributed by atoms with Gasteiger partial charge in [0.05, 0.1) is 5.56 Å². The predicted molar refractivity (Wildman–Crippen MR) is 102 cm³/mol. The number of para-hydroxylation sites is 3. The maximum Gasteiger partial charge on any atom is 0.225 e. The Balaban J connectivity index is 1.65. The van der Waals surface area contributed by atoms with E-state index in [-0.39, 0.29) is 11.8 Å². The molecule has 0 aliphatic carbocycles. The first-order valence-electron chi connectivity index (χ1n) is 9.12. The largest absolute Gasteiger partial charge is 0.454 e. The number of benzene rings is 2. The van der Waals surface area contributed by atoms with Gasteiger partial charge in [-0.2, -0.15) is 0 Å². The van der Waals surface area contributed by atoms with Gasteiger partial charge in [0.25, 0.3) is 0 Å². The molecule has 0 bridgehead atoms. The van der Waals surface area contributed by atoms with Crippen molar-refractivity contribution >= 4 is 17.4 Å². The molecule has 0 radical (unpaired) electrons. The van der Waals surface area contributed by atoms with E-state index in [1.54, 1.807) is 0 Å². The van der Waals surface area contributed by atoms with Gasteiger partial charge in [0.1, 0.15) is 17.3 Å². The van der Waals surface area contributed by atoms with Gasteiger partial charge in [-0.1, -0.05) is 38.1 Å². The summed E-state index contributed by atoms with van der Waals surface area (Å²) in [7, 11) is 0. The number of hydrogen-bond donors (Lipinski definition) is 0.